The molecule has 2 heterocycles. The number of hydrogen-bond donors (Lipinski definition) is 1. The van der Waals surface area contributed by atoms with Crippen LogP contribution in [0.25, 0.3) is 0 Å². The number of aliphatic imine (C=N–C) groups is 1. The maximum atomic E-state index is 12.4. The Morgan fingerprint density at radius 1 is 1.19 bits per heavy atom. The number of guanidine groups is 1. The lowest BCUT2D eigenvalue weighted by Crippen LogP contribution is -2.57. The molecule has 2 aliphatic heterocycles. The van der Waals surface area contributed by atoms with Crippen molar-refractivity contribution in [1.29, 1.82) is 0 Å². The lowest BCUT2D eigenvalue weighted by atomic mass is 10.0. The zero-order chi connectivity index (χ0) is 21.8. The van der Waals surface area contributed by atoms with E-state index in [1.54, 1.807) is 28.0 Å². The van der Waals surface area contributed by atoms with Gasteiger partial charge in [0.25, 0.3) is 0 Å². The van der Waals surface area contributed by atoms with E-state index in [-0.39, 0.29) is 35.8 Å². The summed E-state index contributed by atoms with van der Waals surface area (Å²) in [7, 11) is 0.393. The molecule has 0 aliphatic carbocycles. The van der Waals surface area contributed by atoms with Crippen LogP contribution < -0.4 is 10.1 Å². The van der Waals surface area contributed by atoms with E-state index < -0.39 is 14.6 Å². The topological polar surface area (TPSA) is 74.2 Å². The van der Waals surface area contributed by atoms with Crippen molar-refractivity contribution in [3.05, 3.63) is 29.8 Å². The second-order valence-electron chi connectivity index (χ2n) is 8.78. The number of piperidine rings is 1. The smallest absolute Gasteiger partial charge is 0.193 e. The molecular formula is C22H37IN4O3S. The van der Waals surface area contributed by atoms with Gasteiger partial charge in [0.15, 0.2) is 15.8 Å². The first-order chi connectivity index (χ1) is 14.3. The van der Waals surface area contributed by atoms with Crippen LogP contribution in [0.3, 0.4) is 0 Å². The average Bonchev–Trinajstić information content (AvgIpc) is 2.74. The van der Waals surface area contributed by atoms with Crippen molar-refractivity contribution in [2.45, 2.75) is 43.9 Å². The number of rotatable bonds is 5. The quantitative estimate of drug-likeness (QED) is 0.337. The second kappa shape index (κ2) is 11.2. The summed E-state index contributed by atoms with van der Waals surface area (Å²) in [4.78, 5) is 9.05. The Morgan fingerprint density at radius 3 is 2.48 bits per heavy atom. The lowest BCUT2D eigenvalue weighted by molar-refractivity contribution is 0.160. The summed E-state index contributed by atoms with van der Waals surface area (Å²) < 4.78 is 29.6. The van der Waals surface area contributed by atoms with E-state index in [1.807, 2.05) is 12.1 Å². The SMILES string of the molecule is CN=C(NCC(c1ccccc1OC)N1CCCCC1)N1CCS(=O)(=O)C(C)(C)C1.I. The minimum Gasteiger partial charge on any atom is -0.496 e. The number of ether oxygens (including phenoxy) is 1. The van der Waals surface area contributed by atoms with E-state index in [1.165, 1.54) is 24.8 Å². The monoisotopic (exact) mass is 564 g/mol. The highest BCUT2D eigenvalue weighted by Crippen LogP contribution is 2.31. The van der Waals surface area contributed by atoms with Crippen LogP contribution in [0, 0.1) is 0 Å². The summed E-state index contributed by atoms with van der Waals surface area (Å²) >= 11 is 0. The molecule has 1 aromatic rings. The minimum atomic E-state index is -3.09. The third kappa shape index (κ3) is 6.04. The molecule has 0 aromatic heterocycles. The molecule has 0 bridgehead atoms. The Kier molecular flexibility index (Phi) is 9.44. The third-order valence-electron chi connectivity index (χ3n) is 6.34. The molecule has 176 valence electrons. The Morgan fingerprint density at radius 2 is 1.87 bits per heavy atom. The fourth-order valence-electron chi connectivity index (χ4n) is 4.45. The highest BCUT2D eigenvalue weighted by atomic mass is 127. The lowest BCUT2D eigenvalue weighted by Gasteiger charge is -2.40. The standard InChI is InChI=1S/C22H36N4O3S.HI/c1-22(2)17-26(14-15-30(22,27)28)21(23-3)24-16-19(25-12-8-5-9-13-25)18-10-6-7-11-20(18)29-4;/h6-7,10-11,19H,5,8-9,12-17H2,1-4H3,(H,23,24);1H. The summed E-state index contributed by atoms with van der Waals surface area (Å²) in [6, 6.07) is 8.37. The fourth-order valence-corrected chi connectivity index (χ4v) is 5.82. The van der Waals surface area contributed by atoms with Crippen molar-refractivity contribution in [2.24, 2.45) is 4.99 Å². The van der Waals surface area contributed by atoms with Gasteiger partial charge in [-0.05, 0) is 45.8 Å². The largest absolute Gasteiger partial charge is 0.496 e. The molecule has 2 saturated heterocycles. The maximum Gasteiger partial charge on any atom is 0.193 e. The average molecular weight is 565 g/mol. The molecule has 7 nitrogen and oxygen atoms in total. The van der Waals surface area contributed by atoms with E-state index in [2.05, 4.69) is 32.2 Å². The van der Waals surface area contributed by atoms with Gasteiger partial charge in [-0.2, -0.15) is 0 Å². The van der Waals surface area contributed by atoms with Gasteiger partial charge in [-0.3, -0.25) is 9.89 Å². The van der Waals surface area contributed by atoms with Crippen LogP contribution in [0.1, 0.15) is 44.7 Å². The number of methoxy groups -OCH3 is 1. The summed E-state index contributed by atoms with van der Waals surface area (Å²) in [5.74, 6) is 1.81. The highest BCUT2D eigenvalue weighted by molar-refractivity contribution is 14.0. The van der Waals surface area contributed by atoms with Gasteiger partial charge >= 0.3 is 0 Å². The second-order valence-corrected chi connectivity index (χ2v) is 11.5. The molecule has 0 amide bonds. The maximum absolute atomic E-state index is 12.4. The number of nitrogens with zero attached hydrogens (tertiary/aromatic N) is 3. The van der Waals surface area contributed by atoms with Crippen LogP contribution in [0.4, 0.5) is 0 Å². The molecule has 2 fully saturated rings. The highest BCUT2D eigenvalue weighted by Gasteiger charge is 2.41. The first-order valence-electron chi connectivity index (χ1n) is 10.8. The Balaban J connectivity index is 0.00000341. The van der Waals surface area contributed by atoms with Crippen LogP contribution in [0.2, 0.25) is 0 Å². The number of sulfone groups is 1. The van der Waals surface area contributed by atoms with Crippen LogP contribution in [0.5, 0.6) is 5.75 Å². The van der Waals surface area contributed by atoms with E-state index in [0.29, 0.717) is 19.6 Å². The molecule has 1 N–H and O–H groups in total. The van der Waals surface area contributed by atoms with Crippen molar-refractivity contribution < 1.29 is 13.2 Å². The van der Waals surface area contributed by atoms with Gasteiger partial charge in [-0.15, -0.1) is 24.0 Å². The van der Waals surface area contributed by atoms with Crippen molar-refractivity contribution in [1.82, 2.24) is 15.1 Å². The number of nitrogens with one attached hydrogen (secondary N) is 1. The van der Waals surface area contributed by atoms with E-state index in [4.69, 9.17) is 4.74 Å². The number of likely N-dealkylation sites (tertiary alicyclic amines) is 1. The molecule has 0 saturated carbocycles. The third-order valence-corrected chi connectivity index (χ3v) is 8.87. The fraction of sp³-hybridized carbons (Fsp3) is 0.682. The van der Waals surface area contributed by atoms with E-state index >= 15 is 0 Å². The molecule has 0 spiro atoms. The number of benzene rings is 1. The van der Waals surface area contributed by atoms with Gasteiger partial charge in [-0.25, -0.2) is 8.42 Å². The molecule has 2 aliphatic rings. The predicted octanol–water partition coefficient (Wildman–Crippen LogP) is 2.92. The minimum absolute atomic E-state index is 0. The Hall–Kier alpha value is -1.07. The van der Waals surface area contributed by atoms with Gasteiger partial charge < -0.3 is 15.0 Å². The summed E-state index contributed by atoms with van der Waals surface area (Å²) in [5, 5.41) is 3.54. The summed E-state index contributed by atoms with van der Waals surface area (Å²) in [6.45, 7) is 7.33. The van der Waals surface area contributed by atoms with Crippen molar-refractivity contribution in [3.8, 4) is 5.75 Å². The van der Waals surface area contributed by atoms with Crippen molar-refractivity contribution in [2.75, 3.05) is 52.6 Å². The zero-order valence-corrected chi connectivity index (χ0v) is 22.3. The van der Waals surface area contributed by atoms with Crippen molar-refractivity contribution in [3.63, 3.8) is 0 Å². The van der Waals surface area contributed by atoms with Gasteiger partial charge in [-0.1, -0.05) is 24.6 Å². The molecule has 1 unspecified atom stereocenters. The van der Waals surface area contributed by atoms with Crippen LogP contribution >= 0.6 is 24.0 Å². The normalized spacial score (nSPS) is 22.3. The van der Waals surface area contributed by atoms with E-state index in [9.17, 15) is 8.42 Å². The van der Waals surface area contributed by atoms with Crippen molar-refractivity contribution >= 4 is 39.8 Å². The molecule has 31 heavy (non-hydrogen) atoms. The molecule has 1 atom stereocenters. The first kappa shape index (κ1) is 26.2. The number of halogens is 1. The molecule has 9 heteroatoms. The van der Waals surface area contributed by atoms with Gasteiger partial charge in [0.05, 0.1) is 23.7 Å². The molecule has 1 aromatic carbocycles. The van der Waals surface area contributed by atoms with E-state index in [0.717, 1.165) is 24.8 Å². The molecule has 3 rings (SSSR count). The van der Waals surface area contributed by atoms with Gasteiger partial charge in [0.1, 0.15) is 5.75 Å². The number of para-hydroxylation sites is 1. The van der Waals surface area contributed by atoms with Gasteiger partial charge in [0, 0.05) is 32.2 Å². The summed E-state index contributed by atoms with van der Waals surface area (Å²) in [6.07, 6.45) is 3.69. The number of hydrogen-bond acceptors (Lipinski definition) is 5. The Bertz CT molecular complexity index is 854. The first-order valence-corrected chi connectivity index (χ1v) is 12.5. The van der Waals surface area contributed by atoms with Crippen LogP contribution in [-0.2, 0) is 9.84 Å². The van der Waals surface area contributed by atoms with Crippen LogP contribution in [0.15, 0.2) is 29.3 Å². The Labute approximate surface area is 204 Å². The predicted molar refractivity (Wildman–Crippen MR) is 137 cm³/mol. The summed E-state index contributed by atoms with van der Waals surface area (Å²) in [5.41, 5.74) is 1.17. The van der Waals surface area contributed by atoms with Gasteiger partial charge in [0.2, 0.25) is 0 Å². The van der Waals surface area contributed by atoms with Crippen LogP contribution in [-0.4, -0.2) is 81.6 Å². The zero-order valence-electron chi connectivity index (χ0n) is 19.1. The molecule has 0 radical (unpaired) electrons. The molecular weight excluding hydrogens is 527 g/mol.